The summed E-state index contributed by atoms with van der Waals surface area (Å²) in [5.74, 6) is 3.45. The third kappa shape index (κ3) is 8.79. The molecular formula is C84H50N8S2. The van der Waals surface area contributed by atoms with Crippen molar-refractivity contribution in [3.05, 3.63) is 303 Å². The van der Waals surface area contributed by atoms with Crippen molar-refractivity contribution in [3.8, 4) is 102 Å². The molecule has 0 aliphatic carbocycles. The maximum atomic E-state index is 5.45. The van der Waals surface area contributed by atoms with Crippen LogP contribution in [0, 0.1) is 0 Å². The largest absolute Gasteiger partial charge is 0.309 e. The van der Waals surface area contributed by atoms with Crippen molar-refractivity contribution in [1.82, 2.24) is 39.0 Å². The monoisotopic (exact) mass is 1230 g/mol. The van der Waals surface area contributed by atoms with Gasteiger partial charge < -0.3 is 9.13 Å². The molecule has 0 saturated heterocycles. The number of rotatable bonds is 10. The van der Waals surface area contributed by atoms with Gasteiger partial charge in [0.05, 0.1) is 22.1 Å². The minimum atomic E-state index is 0.554. The van der Waals surface area contributed by atoms with Crippen molar-refractivity contribution in [1.29, 1.82) is 0 Å². The van der Waals surface area contributed by atoms with Crippen LogP contribution in [0.5, 0.6) is 0 Å². The van der Waals surface area contributed by atoms with Crippen LogP contribution in [0.2, 0.25) is 0 Å². The molecule has 0 unspecified atom stereocenters. The first-order chi connectivity index (χ1) is 46.6. The van der Waals surface area contributed by atoms with Crippen molar-refractivity contribution in [2.75, 3.05) is 0 Å². The molecule has 19 aromatic rings. The number of hydrogen-bond acceptors (Lipinski definition) is 8. The van der Waals surface area contributed by atoms with Crippen LogP contribution < -0.4 is 0 Å². The Morgan fingerprint density at radius 1 is 0.213 bits per heavy atom. The van der Waals surface area contributed by atoms with E-state index in [1.165, 1.54) is 61.9 Å². The fourth-order valence-electron chi connectivity index (χ4n) is 14.0. The number of nitrogens with zero attached hydrogens (tertiary/aromatic N) is 8. The van der Waals surface area contributed by atoms with E-state index >= 15 is 0 Å². The SMILES string of the molecule is c1ccc(-c2nc(-c3ccccc3)nc(-c3cc(-n4c5ccccc5c5c6sc7ccccc7c6ccc54)ccc3-c3cccc(-c4ccc(-n5c6ccccc6c6c7sc8ccccc8c7ccc65)cc4-c4nc(-c5ccccc5)nc(-c5ccccc5)n4)c3)n2)cc1. The van der Waals surface area contributed by atoms with Crippen molar-refractivity contribution < 1.29 is 0 Å². The van der Waals surface area contributed by atoms with E-state index in [-0.39, 0.29) is 0 Å². The second-order valence-electron chi connectivity index (χ2n) is 23.7. The molecule has 8 nitrogen and oxygen atoms in total. The van der Waals surface area contributed by atoms with E-state index in [1.807, 2.05) is 95.5 Å². The predicted molar refractivity (Wildman–Crippen MR) is 391 cm³/mol. The molecule has 13 aromatic carbocycles. The molecule has 0 atom stereocenters. The highest BCUT2D eigenvalue weighted by Crippen LogP contribution is 2.47. The van der Waals surface area contributed by atoms with Gasteiger partial charge in [-0.25, -0.2) is 29.9 Å². The number of hydrogen-bond donors (Lipinski definition) is 0. The Morgan fingerprint density at radius 2 is 0.543 bits per heavy atom. The lowest BCUT2D eigenvalue weighted by molar-refractivity contribution is 1.07. The third-order valence-electron chi connectivity index (χ3n) is 18.2. The van der Waals surface area contributed by atoms with Crippen LogP contribution >= 0.6 is 22.7 Å². The van der Waals surface area contributed by atoms with E-state index in [2.05, 4.69) is 240 Å². The minimum Gasteiger partial charge on any atom is -0.309 e. The highest BCUT2D eigenvalue weighted by molar-refractivity contribution is 7.27. The van der Waals surface area contributed by atoms with Gasteiger partial charge in [0.15, 0.2) is 34.9 Å². The van der Waals surface area contributed by atoms with E-state index in [0.717, 1.165) is 89.1 Å². The van der Waals surface area contributed by atoms with Gasteiger partial charge in [0.25, 0.3) is 0 Å². The van der Waals surface area contributed by atoms with E-state index in [4.69, 9.17) is 29.9 Å². The average Bonchev–Trinajstić information content (AvgIpc) is 1.57. The molecule has 0 aliphatic heterocycles. The van der Waals surface area contributed by atoms with E-state index < -0.39 is 0 Å². The standard InChI is InChI=1S/C84H50N8S2/c1-5-22-51(23-6-1)79-85-80(52-24-7-2-8-25-52)88-83(87-79)67-49-57(91-69-36-17-13-34-65(69)75-71(91)46-44-63-61-32-15-19-38-73(61)93-77(63)75)40-42-59(67)55-30-21-31-56(48-55)60-43-41-58(50-68(60)84-89-81(53-26-9-3-10-27-53)86-82(90-84)54-28-11-4-12-29-54)92-70-37-18-14-35-66(70)76-72(92)47-45-64-62-33-16-20-39-74(62)94-78(64)76/h1-50H. The van der Waals surface area contributed by atoms with Crippen LogP contribution in [-0.2, 0) is 0 Å². The molecule has 0 bridgehead atoms. The molecule has 0 saturated carbocycles. The molecule has 438 valence electrons. The zero-order chi connectivity index (χ0) is 61.8. The highest BCUT2D eigenvalue weighted by Gasteiger charge is 2.25. The molecule has 0 radical (unpaired) electrons. The molecule has 10 heteroatoms. The Bertz CT molecular complexity index is 5740. The average molecular weight is 1240 g/mol. The number of benzene rings is 13. The molecule has 0 aliphatic rings. The van der Waals surface area contributed by atoms with Crippen molar-refractivity contribution in [3.63, 3.8) is 0 Å². The predicted octanol–water partition coefficient (Wildman–Crippen LogP) is 22.3. The topological polar surface area (TPSA) is 87.2 Å². The molecule has 19 rings (SSSR count). The summed E-state index contributed by atoms with van der Waals surface area (Å²) in [6.07, 6.45) is 0. The van der Waals surface area contributed by atoms with Gasteiger partial charge in [-0.15, -0.1) is 22.7 Å². The van der Waals surface area contributed by atoms with Gasteiger partial charge in [-0.2, -0.15) is 0 Å². The maximum Gasteiger partial charge on any atom is 0.164 e. The molecular weight excluding hydrogens is 1190 g/mol. The van der Waals surface area contributed by atoms with Gasteiger partial charge >= 0.3 is 0 Å². The smallest absolute Gasteiger partial charge is 0.164 e. The summed E-state index contributed by atoms with van der Waals surface area (Å²) in [6, 6.07) is 108. The third-order valence-corrected chi connectivity index (χ3v) is 20.7. The first-order valence-electron chi connectivity index (χ1n) is 31.4. The van der Waals surface area contributed by atoms with Crippen molar-refractivity contribution >= 4 is 107 Å². The maximum absolute atomic E-state index is 5.45. The summed E-state index contributed by atoms with van der Waals surface area (Å²) in [5, 5.41) is 9.95. The Kier molecular flexibility index (Phi) is 12.5. The molecule has 0 amide bonds. The molecule has 0 N–H and O–H groups in total. The Morgan fingerprint density at radius 3 is 0.936 bits per heavy atom. The fraction of sp³-hybridized carbons (Fsp3) is 0. The van der Waals surface area contributed by atoms with Crippen molar-refractivity contribution in [2.24, 2.45) is 0 Å². The molecule has 6 aromatic heterocycles. The van der Waals surface area contributed by atoms with Crippen LogP contribution in [0.25, 0.3) is 186 Å². The van der Waals surface area contributed by atoms with E-state index in [0.29, 0.717) is 34.9 Å². The van der Waals surface area contributed by atoms with Gasteiger partial charge in [0, 0.05) is 107 Å². The number of fused-ring (bicyclic) bond motifs is 14. The second kappa shape index (κ2) is 21.8. The van der Waals surface area contributed by atoms with Crippen LogP contribution in [-0.4, -0.2) is 39.0 Å². The van der Waals surface area contributed by atoms with Crippen LogP contribution in [0.4, 0.5) is 0 Å². The lowest BCUT2D eigenvalue weighted by Crippen LogP contribution is -2.03. The summed E-state index contributed by atoms with van der Waals surface area (Å²) in [5.41, 5.74) is 15.6. The minimum absolute atomic E-state index is 0.554. The summed E-state index contributed by atoms with van der Waals surface area (Å²) >= 11 is 3.72. The zero-order valence-electron chi connectivity index (χ0n) is 50.3. The first-order valence-corrected chi connectivity index (χ1v) is 33.0. The van der Waals surface area contributed by atoms with Crippen molar-refractivity contribution in [2.45, 2.75) is 0 Å². The number of aromatic nitrogens is 8. The Hall–Kier alpha value is -12.1. The summed E-state index contributed by atoms with van der Waals surface area (Å²) in [4.78, 5) is 32.2. The highest BCUT2D eigenvalue weighted by atomic mass is 32.1. The van der Waals surface area contributed by atoms with E-state index in [9.17, 15) is 0 Å². The van der Waals surface area contributed by atoms with Gasteiger partial charge in [-0.05, 0) is 89.0 Å². The summed E-state index contributed by atoms with van der Waals surface area (Å²) in [6.45, 7) is 0. The van der Waals surface area contributed by atoms with Gasteiger partial charge in [0.2, 0.25) is 0 Å². The molecule has 0 spiro atoms. The summed E-state index contributed by atoms with van der Waals surface area (Å²) in [7, 11) is 0. The zero-order valence-corrected chi connectivity index (χ0v) is 51.9. The fourth-order valence-corrected chi connectivity index (χ4v) is 16.5. The summed E-state index contributed by atoms with van der Waals surface area (Å²) < 4.78 is 9.93. The molecule has 6 heterocycles. The lowest BCUT2D eigenvalue weighted by atomic mass is 9.92. The molecule has 94 heavy (non-hydrogen) atoms. The lowest BCUT2D eigenvalue weighted by Gasteiger charge is -2.17. The number of para-hydroxylation sites is 2. The van der Waals surface area contributed by atoms with Gasteiger partial charge in [0.1, 0.15) is 0 Å². The van der Waals surface area contributed by atoms with Crippen LogP contribution in [0.3, 0.4) is 0 Å². The normalized spacial score (nSPS) is 11.8. The van der Waals surface area contributed by atoms with Gasteiger partial charge in [-0.3, -0.25) is 0 Å². The quantitative estimate of drug-likeness (QED) is 0.136. The Balaban J connectivity index is 0.851. The number of thiophene rings is 2. The second-order valence-corrected chi connectivity index (χ2v) is 25.8. The van der Waals surface area contributed by atoms with Gasteiger partial charge in [-0.1, -0.05) is 237 Å². The van der Waals surface area contributed by atoms with Crippen LogP contribution in [0.1, 0.15) is 0 Å². The van der Waals surface area contributed by atoms with E-state index in [1.54, 1.807) is 0 Å². The first kappa shape index (κ1) is 53.7. The Labute approximate surface area is 547 Å². The van der Waals surface area contributed by atoms with Crippen LogP contribution in [0.15, 0.2) is 303 Å². The molecule has 0 fully saturated rings.